The Balaban J connectivity index is 3.81. The number of thiol groups is 2. The molecule has 2 nitrogen and oxygen atoms in total. The second kappa shape index (κ2) is 7.56. The topological polar surface area (TPSA) is 20.3 Å². The van der Waals surface area contributed by atoms with Crippen LogP contribution in [0, 0.1) is 5.92 Å². The van der Waals surface area contributed by atoms with Gasteiger partial charge < -0.3 is 4.90 Å². The Morgan fingerprint density at radius 1 is 1.31 bits per heavy atom. The third kappa shape index (κ3) is 5.47. The molecule has 0 saturated carbocycles. The van der Waals surface area contributed by atoms with Crippen molar-refractivity contribution in [2.24, 2.45) is 5.92 Å². The normalized spacial score (nSPS) is 12.6. The first-order chi connectivity index (χ1) is 6.13. The van der Waals surface area contributed by atoms with Crippen molar-refractivity contribution in [1.29, 1.82) is 0 Å². The zero-order chi connectivity index (χ0) is 10.3. The minimum atomic E-state index is 0.0817. The molecule has 1 atom stereocenters. The molecule has 0 aromatic rings. The first-order valence-corrected chi connectivity index (χ1v) is 5.82. The van der Waals surface area contributed by atoms with Gasteiger partial charge in [-0.3, -0.25) is 4.79 Å². The van der Waals surface area contributed by atoms with E-state index in [0.29, 0.717) is 5.75 Å². The van der Waals surface area contributed by atoms with Crippen LogP contribution >= 0.6 is 25.3 Å². The first-order valence-electron chi connectivity index (χ1n) is 4.56. The van der Waals surface area contributed by atoms with Crippen LogP contribution < -0.4 is 0 Å². The van der Waals surface area contributed by atoms with Gasteiger partial charge in [0.05, 0.1) is 0 Å². The predicted molar refractivity (Wildman–Crippen MR) is 63.7 cm³/mol. The Bertz CT molecular complexity index is 151. The number of unbranched alkanes of at least 4 members (excludes halogenated alkanes) is 1. The summed E-state index contributed by atoms with van der Waals surface area (Å²) in [5.74, 6) is 1.81. The molecule has 0 N–H and O–H groups in total. The van der Waals surface area contributed by atoms with Crippen LogP contribution in [0.3, 0.4) is 0 Å². The van der Waals surface area contributed by atoms with E-state index in [2.05, 4.69) is 25.3 Å². The Labute approximate surface area is 91.9 Å². The molecule has 0 aromatic heterocycles. The minimum Gasteiger partial charge on any atom is -0.349 e. The summed E-state index contributed by atoms with van der Waals surface area (Å²) in [5.41, 5.74) is 0. The van der Waals surface area contributed by atoms with E-state index >= 15 is 0 Å². The van der Waals surface area contributed by atoms with Crippen LogP contribution in [0.25, 0.3) is 0 Å². The zero-order valence-electron chi connectivity index (χ0n) is 8.36. The van der Waals surface area contributed by atoms with Gasteiger partial charge in [0.2, 0.25) is 5.91 Å². The molecule has 1 unspecified atom stereocenters. The van der Waals surface area contributed by atoms with Crippen LogP contribution in [-0.4, -0.2) is 36.4 Å². The van der Waals surface area contributed by atoms with Crippen molar-refractivity contribution in [3.8, 4) is 0 Å². The second-order valence-corrected chi connectivity index (χ2v) is 4.14. The molecule has 13 heavy (non-hydrogen) atoms. The maximum Gasteiger partial charge on any atom is 0.225 e. The van der Waals surface area contributed by atoms with E-state index in [1.165, 1.54) is 0 Å². The fourth-order valence-corrected chi connectivity index (χ4v) is 1.72. The summed E-state index contributed by atoms with van der Waals surface area (Å²) in [7, 11) is 3.58. The molecular formula is C9H19NOS2. The quantitative estimate of drug-likeness (QED) is 0.517. The van der Waals surface area contributed by atoms with E-state index in [-0.39, 0.29) is 11.8 Å². The molecule has 0 saturated heterocycles. The van der Waals surface area contributed by atoms with Gasteiger partial charge in [0.1, 0.15) is 0 Å². The standard InChI is InChI=1S/C9H19NOS2/c1-10(2)9(11)8(7-13)5-3-4-6-12/h8,12-13H,3-7H2,1-2H3. The number of carbonyl (C=O) groups excluding carboxylic acids is 1. The number of nitrogens with zero attached hydrogens (tertiary/aromatic N) is 1. The summed E-state index contributed by atoms with van der Waals surface area (Å²) in [5, 5.41) is 0. The van der Waals surface area contributed by atoms with Crippen molar-refractivity contribution in [1.82, 2.24) is 4.90 Å². The predicted octanol–water partition coefficient (Wildman–Crippen LogP) is 1.72. The van der Waals surface area contributed by atoms with Crippen molar-refractivity contribution in [2.45, 2.75) is 19.3 Å². The van der Waals surface area contributed by atoms with Crippen LogP contribution in [0.1, 0.15) is 19.3 Å². The van der Waals surface area contributed by atoms with Crippen LogP contribution in [0.2, 0.25) is 0 Å². The Morgan fingerprint density at radius 2 is 1.92 bits per heavy atom. The van der Waals surface area contributed by atoms with E-state index in [1.54, 1.807) is 19.0 Å². The summed E-state index contributed by atoms with van der Waals surface area (Å²) >= 11 is 8.32. The summed E-state index contributed by atoms with van der Waals surface area (Å²) in [4.78, 5) is 13.2. The molecule has 0 heterocycles. The fourth-order valence-electron chi connectivity index (χ4n) is 1.16. The van der Waals surface area contributed by atoms with E-state index < -0.39 is 0 Å². The molecule has 0 aliphatic heterocycles. The smallest absolute Gasteiger partial charge is 0.225 e. The van der Waals surface area contributed by atoms with Crippen molar-refractivity contribution in [2.75, 3.05) is 25.6 Å². The molecule has 0 aromatic carbocycles. The van der Waals surface area contributed by atoms with Crippen molar-refractivity contribution in [3.05, 3.63) is 0 Å². The molecule has 0 aliphatic rings. The first kappa shape index (κ1) is 13.2. The third-order valence-electron chi connectivity index (χ3n) is 1.97. The summed E-state index contributed by atoms with van der Waals surface area (Å²) < 4.78 is 0. The van der Waals surface area contributed by atoms with Crippen molar-refractivity contribution >= 4 is 31.2 Å². The highest BCUT2D eigenvalue weighted by Gasteiger charge is 2.17. The molecule has 0 radical (unpaired) electrons. The van der Waals surface area contributed by atoms with E-state index in [1.807, 2.05) is 0 Å². The number of carbonyl (C=O) groups is 1. The van der Waals surface area contributed by atoms with Crippen LogP contribution in [-0.2, 0) is 4.79 Å². The highest BCUT2D eigenvalue weighted by atomic mass is 32.1. The lowest BCUT2D eigenvalue weighted by Gasteiger charge is -2.18. The average molecular weight is 221 g/mol. The van der Waals surface area contributed by atoms with Crippen LogP contribution in [0.15, 0.2) is 0 Å². The summed E-state index contributed by atoms with van der Waals surface area (Å²) in [6.07, 6.45) is 3.07. The Morgan fingerprint density at radius 3 is 2.31 bits per heavy atom. The van der Waals surface area contributed by atoms with Gasteiger partial charge in [-0.1, -0.05) is 6.42 Å². The summed E-state index contributed by atoms with van der Waals surface area (Å²) in [6.45, 7) is 0. The van der Waals surface area contributed by atoms with Gasteiger partial charge in [0.15, 0.2) is 0 Å². The fraction of sp³-hybridized carbons (Fsp3) is 0.889. The lowest BCUT2D eigenvalue weighted by atomic mass is 10.0. The van der Waals surface area contributed by atoms with Gasteiger partial charge in [-0.05, 0) is 18.6 Å². The van der Waals surface area contributed by atoms with Gasteiger partial charge in [-0.2, -0.15) is 25.3 Å². The van der Waals surface area contributed by atoms with Crippen LogP contribution in [0.5, 0.6) is 0 Å². The molecular weight excluding hydrogens is 202 g/mol. The molecule has 0 spiro atoms. The maximum absolute atomic E-state index is 11.5. The number of hydrogen-bond donors (Lipinski definition) is 2. The largest absolute Gasteiger partial charge is 0.349 e. The highest BCUT2D eigenvalue weighted by Crippen LogP contribution is 2.12. The monoisotopic (exact) mass is 221 g/mol. The van der Waals surface area contributed by atoms with Gasteiger partial charge in [0.25, 0.3) is 0 Å². The van der Waals surface area contributed by atoms with E-state index in [9.17, 15) is 4.79 Å². The third-order valence-corrected chi connectivity index (χ3v) is 2.73. The van der Waals surface area contributed by atoms with E-state index in [4.69, 9.17) is 0 Å². The minimum absolute atomic E-state index is 0.0817. The Hall–Kier alpha value is 0.170. The Kier molecular flexibility index (Phi) is 7.66. The van der Waals surface area contributed by atoms with Crippen molar-refractivity contribution < 1.29 is 4.79 Å². The summed E-state index contributed by atoms with van der Waals surface area (Å²) in [6, 6.07) is 0. The number of hydrogen-bond acceptors (Lipinski definition) is 3. The maximum atomic E-state index is 11.5. The number of amides is 1. The van der Waals surface area contributed by atoms with E-state index in [0.717, 1.165) is 25.0 Å². The number of rotatable bonds is 6. The molecule has 0 rings (SSSR count). The van der Waals surface area contributed by atoms with Gasteiger partial charge >= 0.3 is 0 Å². The highest BCUT2D eigenvalue weighted by molar-refractivity contribution is 7.80. The average Bonchev–Trinajstić information content (AvgIpc) is 2.11. The molecule has 78 valence electrons. The SMILES string of the molecule is CN(C)C(=O)C(CS)CCCCS. The van der Waals surface area contributed by atoms with Gasteiger partial charge in [-0.15, -0.1) is 0 Å². The molecule has 0 bridgehead atoms. The lowest BCUT2D eigenvalue weighted by Crippen LogP contribution is -2.30. The second-order valence-electron chi connectivity index (χ2n) is 3.33. The molecule has 1 amide bonds. The lowest BCUT2D eigenvalue weighted by molar-refractivity contribution is -0.132. The van der Waals surface area contributed by atoms with Crippen molar-refractivity contribution in [3.63, 3.8) is 0 Å². The zero-order valence-corrected chi connectivity index (χ0v) is 10.2. The van der Waals surface area contributed by atoms with Crippen LogP contribution in [0.4, 0.5) is 0 Å². The van der Waals surface area contributed by atoms with Gasteiger partial charge in [-0.25, -0.2) is 0 Å². The molecule has 0 fully saturated rings. The molecule has 0 aliphatic carbocycles. The van der Waals surface area contributed by atoms with Gasteiger partial charge in [0, 0.05) is 25.8 Å². The molecule has 4 heteroatoms.